The second kappa shape index (κ2) is 18.6. The smallest absolute Gasteiger partial charge is 0.252 e. The lowest BCUT2D eigenvalue weighted by atomic mass is 9.33. The number of fused-ring (bicyclic) bond motifs is 10. The fourth-order valence-corrected chi connectivity index (χ4v) is 16.2. The van der Waals surface area contributed by atoms with Crippen molar-refractivity contribution in [2.75, 3.05) is 14.7 Å². The highest BCUT2D eigenvalue weighted by Crippen LogP contribution is 2.65. The van der Waals surface area contributed by atoms with E-state index in [9.17, 15) is 0 Å². The van der Waals surface area contributed by atoms with E-state index in [1.807, 2.05) is 0 Å². The number of benzene rings is 10. The van der Waals surface area contributed by atoms with E-state index in [1.165, 1.54) is 134 Å². The van der Waals surface area contributed by atoms with Gasteiger partial charge >= 0.3 is 0 Å². The molecule has 0 amide bonds. The zero-order chi connectivity index (χ0) is 57.8. The van der Waals surface area contributed by atoms with Gasteiger partial charge in [0.2, 0.25) is 0 Å². The van der Waals surface area contributed by atoms with E-state index >= 15 is 0 Å². The molecule has 4 heteroatoms. The molecule has 84 heavy (non-hydrogen) atoms. The average Bonchev–Trinajstić information content (AvgIpc) is 1.49. The fraction of sp³-hybridized carbons (Fsp3) is 0.250. The van der Waals surface area contributed by atoms with Crippen LogP contribution in [0.25, 0.3) is 33.4 Å². The lowest BCUT2D eigenvalue weighted by molar-refractivity contribution is 0.245. The summed E-state index contributed by atoms with van der Waals surface area (Å²) in [5.74, 6) is 0. The van der Waals surface area contributed by atoms with Gasteiger partial charge in [-0.05, 0) is 194 Å². The van der Waals surface area contributed by atoms with Crippen LogP contribution in [0.15, 0.2) is 212 Å². The molecule has 0 aromatic heterocycles. The first-order chi connectivity index (χ1) is 40.3. The lowest BCUT2D eigenvalue weighted by Gasteiger charge is -2.52. The summed E-state index contributed by atoms with van der Waals surface area (Å²) in [6.45, 7) is 26.8. The van der Waals surface area contributed by atoms with Crippen LogP contribution in [0.1, 0.15) is 126 Å². The van der Waals surface area contributed by atoms with Gasteiger partial charge in [0.25, 0.3) is 6.71 Å². The minimum atomic E-state index is -0.432. The molecule has 2 unspecified atom stereocenters. The van der Waals surface area contributed by atoms with Crippen LogP contribution >= 0.6 is 0 Å². The first kappa shape index (κ1) is 52.5. The van der Waals surface area contributed by atoms with Crippen LogP contribution in [0.4, 0.5) is 45.5 Å². The van der Waals surface area contributed by atoms with Crippen molar-refractivity contribution in [1.82, 2.24) is 0 Å². The van der Waals surface area contributed by atoms with E-state index in [4.69, 9.17) is 0 Å². The molecule has 5 aliphatic rings. The lowest BCUT2D eigenvalue weighted by Crippen LogP contribution is -2.62. The Labute approximate surface area is 499 Å². The fourth-order valence-electron chi connectivity index (χ4n) is 16.2. The van der Waals surface area contributed by atoms with Crippen molar-refractivity contribution in [3.63, 3.8) is 0 Å². The molecule has 0 saturated heterocycles. The van der Waals surface area contributed by atoms with E-state index in [0.29, 0.717) is 0 Å². The van der Waals surface area contributed by atoms with Gasteiger partial charge in [0, 0.05) is 50.8 Å². The van der Waals surface area contributed by atoms with Gasteiger partial charge in [-0.25, -0.2) is 0 Å². The number of hydrogen-bond acceptors (Lipinski definition) is 3. The number of hydrogen-bond donors (Lipinski definition) is 0. The summed E-state index contributed by atoms with van der Waals surface area (Å²) >= 11 is 0. The Hall–Kier alpha value is -8.34. The van der Waals surface area contributed by atoms with Crippen molar-refractivity contribution in [3.05, 3.63) is 257 Å². The summed E-state index contributed by atoms with van der Waals surface area (Å²) in [4.78, 5) is 8.22. The van der Waals surface area contributed by atoms with Crippen molar-refractivity contribution < 1.29 is 0 Å². The summed E-state index contributed by atoms with van der Waals surface area (Å²) < 4.78 is 0. The number of nitrogens with zero attached hydrogens (tertiary/aromatic N) is 3. The summed E-state index contributed by atoms with van der Waals surface area (Å²) in [6, 6.07) is 82.3. The molecule has 0 bridgehead atoms. The van der Waals surface area contributed by atoms with Crippen LogP contribution in [0.5, 0.6) is 0 Å². The van der Waals surface area contributed by atoms with Crippen LogP contribution in [0.3, 0.4) is 0 Å². The molecule has 15 rings (SSSR count). The zero-order valence-electron chi connectivity index (χ0n) is 51.0. The molecular weight excluding hydrogens is 1010 g/mol. The molecule has 2 aliphatic carbocycles. The molecule has 0 spiro atoms. The molecular formula is C80H76BN3. The van der Waals surface area contributed by atoms with Crippen molar-refractivity contribution in [3.8, 4) is 33.4 Å². The van der Waals surface area contributed by atoms with Gasteiger partial charge < -0.3 is 14.7 Å². The van der Waals surface area contributed by atoms with Crippen molar-refractivity contribution in [1.29, 1.82) is 0 Å². The largest absolute Gasteiger partial charge is 0.330 e. The van der Waals surface area contributed by atoms with Crippen LogP contribution < -0.4 is 31.1 Å². The van der Waals surface area contributed by atoms with Crippen molar-refractivity contribution in [2.24, 2.45) is 0 Å². The molecule has 3 nitrogen and oxygen atoms in total. The van der Waals surface area contributed by atoms with Gasteiger partial charge in [0.05, 0.1) is 11.2 Å². The Morgan fingerprint density at radius 2 is 0.976 bits per heavy atom. The SMILES string of the molecule is Cc1cc(C)c2c(c1)C1(C)CCc3ccccc3C1(C)N2c1cc2c3c(c1)N(c1ccc(C(C)(C)C)cc1-c1ccccc1)c1cc4c(cc1B3c1cc(-c3ccccc3)ccc1N2c1ccc(-c2ccccc2)cc1)C(C)(C)CCC4(C)C. The van der Waals surface area contributed by atoms with Gasteiger partial charge in [0.15, 0.2) is 0 Å². The molecule has 3 aliphatic heterocycles. The zero-order valence-corrected chi connectivity index (χ0v) is 51.0. The van der Waals surface area contributed by atoms with Crippen molar-refractivity contribution in [2.45, 2.75) is 129 Å². The van der Waals surface area contributed by atoms with Crippen LogP contribution in [-0.2, 0) is 33.6 Å². The third-order valence-corrected chi connectivity index (χ3v) is 21.0. The summed E-state index contributed by atoms with van der Waals surface area (Å²) in [7, 11) is 0. The van der Waals surface area contributed by atoms with Gasteiger partial charge in [-0.1, -0.05) is 225 Å². The van der Waals surface area contributed by atoms with Gasteiger partial charge in [-0.2, -0.15) is 0 Å². The maximum atomic E-state index is 2.83. The van der Waals surface area contributed by atoms with Crippen LogP contribution in [0.2, 0.25) is 0 Å². The molecule has 0 radical (unpaired) electrons. The third kappa shape index (κ3) is 7.71. The Morgan fingerprint density at radius 1 is 0.417 bits per heavy atom. The predicted molar refractivity (Wildman–Crippen MR) is 358 cm³/mol. The molecule has 0 fully saturated rings. The van der Waals surface area contributed by atoms with Crippen LogP contribution in [0, 0.1) is 13.8 Å². The predicted octanol–water partition coefficient (Wildman–Crippen LogP) is 19.3. The minimum Gasteiger partial charge on any atom is -0.330 e. The molecule has 0 saturated carbocycles. The van der Waals surface area contributed by atoms with Gasteiger partial charge in [0.1, 0.15) is 0 Å². The Kier molecular flexibility index (Phi) is 11.6. The van der Waals surface area contributed by atoms with Gasteiger partial charge in [-0.3, -0.25) is 0 Å². The van der Waals surface area contributed by atoms with E-state index in [2.05, 4.69) is 303 Å². The first-order valence-corrected chi connectivity index (χ1v) is 30.9. The first-order valence-electron chi connectivity index (χ1n) is 30.9. The van der Waals surface area contributed by atoms with E-state index < -0.39 is 5.54 Å². The highest BCUT2D eigenvalue weighted by molar-refractivity contribution is 7.00. The summed E-state index contributed by atoms with van der Waals surface area (Å²) in [6.07, 6.45) is 4.36. The summed E-state index contributed by atoms with van der Waals surface area (Å²) in [5, 5.41) is 0. The van der Waals surface area contributed by atoms with Crippen molar-refractivity contribution >= 4 is 68.6 Å². The molecule has 3 heterocycles. The maximum Gasteiger partial charge on any atom is 0.252 e. The van der Waals surface area contributed by atoms with E-state index in [-0.39, 0.29) is 28.4 Å². The average molecular weight is 1090 g/mol. The highest BCUT2D eigenvalue weighted by atomic mass is 15.3. The monoisotopic (exact) mass is 1090 g/mol. The Bertz CT molecular complexity index is 4300. The second-order valence-corrected chi connectivity index (χ2v) is 28.0. The molecule has 10 aromatic rings. The number of rotatable bonds is 6. The quantitative estimate of drug-likeness (QED) is 0.154. The van der Waals surface area contributed by atoms with E-state index in [1.54, 1.807) is 0 Å². The maximum absolute atomic E-state index is 2.83. The third-order valence-electron chi connectivity index (χ3n) is 21.0. The number of aryl methyl sites for hydroxylation is 3. The topological polar surface area (TPSA) is 9.72 Å². The Balaban J connectivity index is 1.11. The van der Waals surface area contributed by atoms with E-state index in [0.717, 1.165) is 31.4 Å². The number of anilines is 8. The molecule has 2 atom stereocenters. The van der Waals surface area contributed by atoms with Gasteiger partial charge in [-0.15, -0.1) is 0 Å². The minimum absolute atomic E-state index is 0.0190. The highest BCUT2D eigenvalue weighted by Gasteiger charge is 2.61. The second-order valence-electron chi connectivity index (χ2n) is 28.0. The molecule has 414 valence electrons. The Morgan fingerprint density at radius 3 is 1.64 bits per heavy atom. The molecule has 10 aromatic carbocycles. The normalized spacial score (nSPS) is 19.4. The standard InChI is InChI=1S/C80H76BN3/c1-51-43-52(2)75-66(44-51)79(10)40-39-57-29-21-22-30-63(57)80(79,11)84(75)61-47-72-74-73(48-61)83(69-38-34-59(76(3,4)5)46-62(69)56-27-19-14-20-28-56)71-50-65-64(77(6,7)41-42-78(65,8)9)49-68(71)81(74)67-45-58(54-25-17-13-18-26-54)33-37-70(67)82(72)60-35-31-55(32-36-60)53-23-15-12-16-24-53/h12-38,43-50H,39-42H2,1-11H3. The van der Waals surface area contributed by atoms with Crippen LogP contribution in [-0.4, -0.2) is 6.71 Å². The molecule has 0 N–H and O–H groups in total. The summed E-state index contributed by atoms with van der Waals surface area (Å²) in [5.41, 5.74) is 31.6.